The lowest BCUT2D eigenvalue weighted by Gasteiger charge is -2.18. The Morgan fingerprint density at radius 3 is 2.83 bits per heavy atom. The van der Waals surface area contributed by atoms with E-state index >= 15 is 0 Å². The fourth-order valence-corrected chi connectivity index (χ4v) is 3.11. The molecule has 0 atom stereocenters. The Balaban J connectivity index is 1.80. The zero-order valence-corrected chi connectivity index (χ0v) is 12.7. The number of anilines is 1. The quantitative estimate of drug-likeness (QED) is 0.536. The average Bonchev–Trinajstić information content (AvgIpc) is 3.03. The van der Waals surface area contributed by atoms with E-state index in [1.54, 1.807) is 23.2 Å². The number of nitro groups is 1. The molecule has 0 N–H and O–H groups in total. The van der Waals surface area contributed by atoms with Crippen molar-refractivity contribution in [3.8, 4) is 0 Å². The smallest absolute Gasteiger partial charge is 0.271 e. The van der Waals surface area contributed by atoms with Gasteiger partial charge in [0, 0.05) is 30.3 Å². The van der Waals surface area contributed by atoms with Crippen LogP contribution in [0.3, 0.4) is 0 Å². The SMILES string of the molecule is O=C(c1cccc2cccnc12)N1CCc2ccc([N+](=O)[O-])cc21. The average molecular weight is 319 g/mol. The van der Waals surface area contributed by atoms with E-state index in [0.29, 0.717) is 29.7 Å². The number of pyridine rings is 1. The van der Waals surface area contributed by atoms with Crippen LogP contribution in [0.1, 0.15) is 15.9 Å². The van der Waals surface area contributed by atoms with Crippen LogP contribution >= 0.6 is 0 Å². The minimum absolute atomic E-state index is 0.00973. The van der Waals surface area contributed by atoms with Gasteiger partial charge in [-0.15, -0.1) is 0 Å². The van der Waals surface area contributed by atoms with E-state index in [-0.39, 0.29) is 11.6 Å². The number of non-ortho nitro benzene ring substituents is 1. The summed E-state index contributed by atoms with van der Waals surface area (Å²) in [4.78, 5) is 29.5. The summed E-state index contributed by atoms with van der Waals surface area (Å²) in [6.45, 7) is 0.512. The first-order chi connectivity index (χ1) is 11.6. The van der Waals surface area contributed by atoms with Crippen LogP contribution in [-0.4, -0.2) is 22.4 Å². The fraction of sp³-hybridized carbons (Fsp3) is 0.111. The Morgan fingerprint density at radius 1 is 1.17 bits per heavy atom. The summed E-state index contributed by atoms with van der Waals surface area (Å²) in [5.41, 5.74) is 2.70. The Hall–Kier alpha value is -3.28. The van der Waals surface area contributed by atoms with Gasteiger partial charge in [-0.05, 0) is 24.1 Å². The van der Waals surface area contributed by atoms with Gasteiger partial charge in [0.1, 0.15) is 0 Å². The first-order valence-electron chi connectivity index (χ1n) is 7.58. The van der Waals surface area contributed by atoms with Crippen LogP contribution in [0.2, 0.25) is 0 Å². The van der Waals surface area contributed by atoms with Crippen LogP contribution < -0.4 is 4.90 Å². The van der Waals surface area contributed by atoms with Crippen molar-refractivity contribution < 1.29 is 9.72 Å². The molecule has 4 rings (SSSR count). The van der Waals surface area contributed by atoms with Gasteiger partial charge in [0.15, 0.2) is 0 Å². The number of fused-ring (bicyclic) bond motifs is 2. The first kappa shape index (κ1) is 14.3. The van der Waals surface area contributed by atoms with Gasteiger partial charge in [-0.2, -0.15) is 0 Å². The van der Waals surface area contributed by atoms with E-state index in [1.807, 2.05) is 24.3 Å². The minimum atomic E-state index is -0.444. The Bertz CT molecular complexity index is 979. The molecule has 0 bridgehead atoms. The lowest BCUT2D eigenvalue weighted by Crippen LogP contribution is -2.29. The number of aromatic nitrogens is 1. The van der Waals surface area contributed by atoms with E-state index in [9.17, 15) is 14.9 Å². The molecular weight excluding hydrogens is 306 g/mol. The van der Waals surface area contributed by atoms with Crippen molar-refractivity contribution in [2.45, 2.75) is 6.42 Å². The molecule has 24 heavy (non-hydrogen) atoms. The second-order valence-electron chi connectivity index (χ2n) is 5.66. The van der Waals surface area contributed by atoms with Crippen molar-refractivity contribution in [1.82, 2.24) is 4.98 Å². The largest absolute Gasteiger partial charge is 0.307 e. The molecule has 1 amide bonds. The van der Waals surface area contributed by atoms with Crippen LogP contribution in [0, 0.1) is 10.1 Å². The molecule has 0 spiro atoms. The molecule has 0 fully saturated rings. The van der Waals surface area contributed by atoms with E-state index < -0.39 is 4.92 Å². The number of amides is 1. The van der Waals surface area contributed by atoms with E-state index in [1.165, 1.54) is 12.1 Å². The van der Waals surface area contributed by atoms with Gasteiger partial charge >= 0.3 is 0 Å². The highest BCUT2D eigenvalue weighted by atomic mass is 16.6. The summed E-state index contributed by atoms with van der Waals surface area (Å²) < 4.78 is 0. The number of carbonyl (C=O) groups excluding carboxylic acids is 1. The van der Waals surface area contributed by atoms with E-state index in [2.05, 4.69) is 4.98 Å². The second kappa shape index (κ2) is 5.42. The summed E-state index contributed by atoms with van der Waals surface area (Å²) >= 11 is 0. The van der Waals surface area contributed by atoms with Crippen LogP contribution in [0.4, 0.5) is 11.4 Å². The fourth-order valence-electron chi connectivity index (χ4n) is 3.11. The number of nitro benzene ring substituents is 1. The van der Waals surface area contributed by atoms with Gasteiger partial charge in [0.2, 0.25) is 0 Å². The van der Waals surface area contributed by atoms with Crippen molar-refractivity contribution in [1.29, 1.82) is 0 Å². The van der Waals surface area contributed by atoms with Crippen LogP contribution in [0.5, 0.6) is 0 Å². The van der Waals surface area contributed by atoms with Crippen LogP contribution in [0.15, 0.2) is 54.7 Å². The normalized spacial score (nSPS) is 13.1. The molecule has 118 valence electrons. The number of nitrogens with zero attached hydrogens (tertiary/aromatic N) is 3. The number of para-hydroxylation sites is 1. The summed E-state index contributed by atoms with van der Waals surface area (Å²) in [6.07, 6.45) is 2.35. The van der Waals surface area contributed by atoms with Gasteiger partial charge in [0.25, 0.3) is 11.6 Å². The van der Waals surface area contributed by atoms with Gasteiger partial charge in [-0.1, -0.05) is 24.3 Å². The van der Waals surface area contributed by atoms with Crippen molar-refractivity contribution in [3.05, 3.63) is 76.0 Å². The number of carbonyl (C=O) groups is 1. The molecule has 3 aromatic rings. The molecule has 0 unspecified atom stereocenters. The maximum atomic E-state index is 13.0. The second-order valence-corrected chi connectivity index (χ2v) is 5.66. The van der Waals surface area contributed by atoms with Gasteiger partial charge in [-0.3, -0.25) is 19.9 Å². The molecule has 0 saturated carbocycles. The van der Waals surface area contributed by atoms with Crippen LogP contribution in [-0.2, 0) is 6.42 Å². The van der Waals surface area contributed by atoms with Crippen molar-refractivity contribution in [2.75, 3.05) is 11.4 Å². The topological polar surface area (TPSA) is 76.3 Å². The van der Waals surface area contributed by atoms with Crippen molar-refractivity contribution in [3.63, 3.8) is 0 Å². The summed E-state index contributed by atoms with van der Waals surface area (Å²) in [7, 11) is 0. The van der Waals surface area contributed by atoms with E-state index in [4.69, 9.17) is 0 Å². The van der Waals surface area contributed by atoms with Gasteiger partial charge < -0.3 is 4.90 Å². The monoisotopic (exact) mass is 319 g/mol. The Kier molecular flexibility index (Phi) is 3.23. The van der Waals surface area contributed by atoms with Crippen molar-refractivity contribution in [2.24, 2.45) is 0 Å². The standard InChI is InChI=1S/C18H13N3O3/c22-18(15-5-1-3-13-4-2-9-19-17(13)15)20-10-8-12-6-7-14(21(23)24)11-16(12)20/h1-7,9,11H,8,10H2. The predicted octanol–water partition coefficient (Wildman–Crippen LogP) is 3.35. The molecule has 6 nitrogen and oxygen atoms in total. The third-order valence-corrected chi connectivity index (χ3v) is 4.28. The van der Waals surface area contributed by atoms with Gasteiger partial charge in [0.05, 0.1) is 21.7 Å². The lowest BCUT2D eigenvalue weighted by atomic mass is 10.1. The molecule has 2 aromatic carbocycles. The minimum Gasteiger partial charge on any atom is -0.307 e. The summed E-state index contributed by atoms with van der Waals surface area (Å²) in [5, 5.41) is 11.9. The maximum Gasteiger partial charge on any atom is 0.271 e. The molecule has 6 heteroatoms. The summed E-state index contributed by atoms with van der Waals surface area (Å²) in [5.74, 6) is -0.182. The highest BCUT2D eigenvalue weighted by Crippen LogP contribution is 2.33. The number of hydrogen-bond donors (Lipinski definition) is 0. The first-order valence-corrected chi connectivity index (χ1v) is 7.58. The molecule has 0 radical (unpaired) electrons. The Morgan fingerprint density at radius 2 is 2.00 bits per heavy atom. The lowest BCUT2D eigenvalue weighted by molar-refractivity contribution is -0.384. The zero-order valence-electron chi connectivity index (χ0n) is 12.7. The summed E-state index contributed by atoms with van der Waals surface area (Å²) in [6, 6.07) is 13.9. The molecule has 1 aliphatic heterocycles. The highest BCUT2D eigenvalue weighted by molar-refractivity contribution is 6.13. The number of hydrogen-bond acceptors (Lipinski definition) is 4. The molecule has 0 aliphatic carbocycles. The number of benzene rings is 2. The number of rotatable bonds is 2. The van der Waals surface area contributed by atoms with Crippen LogP contribution in [0.25, 0.3) is 10.9 Å². The molecular formula is C18H13N3O3. The molecule has 2 heterocycles. The molecule has 0 saturated heterocycles. The third kappa shape index (κ3) is 2.20. The third-order valence-electron chi connectivity index (χ3n) is 4.28. The predicted molar refractivity (Wildman–Crippen MR) is 90.2 cm³/mol. The van der Waals surface area contributed by atoms with Gasteiger partial charge in [-0.25, -0.2) is 0 Å². The maximum absolute atomic E-state index is 13.0. The zero-order chi connectivity index (χ0) is 16.7. The molecule has 1 aliphatic rings. The van der Waals surface area contributed by atoms with Crippen molar-refractivity contribution >= 4 is 28.2 Å². The molecule has 1 aromatic heterocycles. The Labute approximate surface area is 137 Å². The highest BCUT2D eigenvalue weighted by Gasteiger charge is 2.28. The van der Waals surface area contributed by atoms with E-state index in [0.717, 1.165) is 10.9 Å².